The number of rotatable bonds is 14. The van der Waals surface area contributed by atoms with Crippen LogP contribution in [0.25, 0.3) is 0 Å². The minimum absolute atomic E-state index is 0.0384. The number of hydrogen-bond donors (Lipinski definition) is 2. The Morgan fingerprint density at radius 3 is 1.93 bits per heavy atom. The van der Waals surface area contributed by atoms with Crippen molar-refractivity contribution in [2.45, 2.75) is 70.3 Å². The summed E-state index contributed by atoms with van der Waals surface area (Å²) in [5, 5.41) is 12.0. The Bertz CT molecular complexity index is 715. The predicted molar refractivity (Wildman–Crippen MR) is 117 cm³/mol. The lowest BCUT2D eigenvalue weighted by molar-refractivity contribution is -0.137. The third-order valence-electron chi connectivity index (χ3n) is 5.16. The monoisotopic (exact) mass is 395 g/mol. The number of nitrogens with one attached hydrogen (secondary N) is 1. The SMILES string of the molecule is O=C(O)CC[C@H](CCc1ccccc1)NC(=O)CCCCCCc1ccccc1. The summed E-state index contributed by atoms with van der Waals surface area (Å²) in [4.78, 5) is 23.2. The molecule has 2 aromatic rings. The molecule has 2 rings (SSSR count). The van der Waals surface area contributed by atoms with Crippen molar-refractivity contribution in [3.05, 3.63) is 71.8 Å². The van der Waals surface area contributed by atoms with Crippen LogP contribution in [0.5, 0.6) is 0 Å². The molecule has 0 fully saturated rings. The first-order chi connectivity index (χ1) is 14.1. The molecule has 0 aliphatic rings. The van der Waals surface area contributed by atoms with Gasteiger partial charge in [0.2, 0.25) is 5.91 Å². The molecule has 29 heavy (non-hydrogen) atoms. The number of carboxylic acid groups (broad SMARTS) is 1. The summed E-state index contributed by atoms with van der Waals surface area (Å²) in [5.74, 6) is -0.779. The number of hydrogen-bond acceptors (Lipinski definition) is 2. The molecule has 0 aliphatic heterocycles. The van der Waals surface area contributed by atoms with Crippen LogP contribution in [0.4, 0.5) is 0 Å². The van der Waals surface area contributed by atoms with Crippen molar-refractivity contribution in [2.75, 3.05) is 0 Å². The summed E-state index contributed by atoms with van der Waals surface area (Å²) in [6, 6.07) is 20.5. The molecule has 0 aliphatic carbocycles. The van der Waals surface area contributed by atoms with Gasteiger partial charge in [0.05, 0.1) is 0 Å². The minimum Gasteiger partial charge on any atom is -0.481 e. The molecular formula is C25H33NO3. The zero-order valence-electron chi connectivity index (χ0n) is 17.2. The van der Waals surface area contributed by atoms with E-state index >= 15 is 0 Å². The zero-order valence-corrected chi connectivity index (χ0v) is 17.2. The van der Waals surface area contributed by atoms with Crippen molar-refractivity contribution < 1.29 is 14.7 Å². The number of carboxylic acids is 1. The average molecular weight is 396 g/mol. The first-order valence-corrected chi connectivity index (χ1v) is 10.7. The van der Waals surface area contributed by atoms with E-state index in [-0.39, 0.29) is 18.4 Å². The average Bonchev–Trinajstić information content (AvgIpc) is 2.74. The van der Waals surface area contributed by atoms with Crippen LogP contribution in [0.1, 0.15) is 62.5 Å². The van der Waals surface area contributed by atoms with Gasteiger partial charge in [-0.05, 0) is 49.7 Å². The largest absolute Gasteiger partial charge is 0.481 e. The van der Waals surface area contributed by atoms with Crippen molar-refractivity contribution in [2.24, 2.45) is 0 Å². The summed E-state index contributed by atoms with van der Waals surface area (Å²) in [7, 11) is 0. The van der Waals surface area contributed by atoms with Crippen molar-refractivity contribution in [1.29, 1.82) is 0 Å². The fourth-order valence-electron chi connectivity index (χ4n) is 3.48. The lowest BCUT2D eigenvalue weighted by Crippen LogP contribution is -2.35. The smallest absolute Gasteiger partial charge is 0.303 e. The van der Waals surface area contributed by atoms with Crippen LogP contribution in [0.3, 0.4) is 0 Å². The number of aliphatic carboxylic acids is 1. The second kappa shape index (κ2) is 13.5. The molecule has 1 amide bonds. The molecule has 0 bridgehead atoms. The van der Waals surface area contributed by atoms with E-state index in [4.69, 9.17) is 5.11 Å². The molecule has 2 aromatic carbocycles. The van der Waals surface area contributed by atoms with Crippen LogP contribution < -0.4 is 5.32 Å². The predicted octanol–water partition coefficient (Wildman–Crippen LogP) is 5.16. The number of amides is 1. The quantitative estimate of drug-likeness (QED) is 0.434. The molecule has 0 unspecified atom stereocenters. The molecule has 0 saturated carbocycles. The van der Waals surface area contributed by atoms with Gasteiger partial charge in [0, 0.05) is 18.9 Å². The van der Waals surface area contributed by atoms with Gasteiger partial charge in [-0.3, -0.25) is 9.59 Å². The molecule has 4 nitrogen and oxygen atoms in total. The number of carbonyl (C=O) groups is 2. The molecular weight excluding hydrogens is 362 g/mol. The van der Waals surface area contributed by atoms with E-state index in [1.807, 2.05) is 24.3 Å². The maximum absolute atomic E-state index is 12.3. The van der Waals surface area contributed by atoms with Crippen LogP contribution in [-0.4, -0.2) is 23.0 Å². The summed E-state index contributed by atoms with van der Waals surface area (Å²) in [6.07, 6.45) is 7.96. The standard InChI is InChI=1S/C25H33NO3/c27-24(16-10-2-1-5-11-21-12-6-3-7-13-21)26-23(19-20-25(28)29)18-17-22-14-8-4-9-15-22/h3-4,6-9,12-15,23H,1-2,5,10-11,16-20H2,(H,26,27)(H,28,29)/t23-/m0/s1. The highest BCUT2D eigenvalue weighted by Gasteiger charge is 2.14. The second-order valence-electron chi connectivity index (χ2n) is 7.62. The van der Waals surface area contributed by atoms with Gasteiger partial charge in [-0.1, -0.05) is 73.5 Å². The van der Waals surface area contributed by atoms with Crippen molar-refractivity contribution in [3.8, 4) is 0 Å². The van der Waals surface area contributed by atoms with Crippen LogP contribution >= 0.6 is 0 Å². The van der Waals surface area contributed by atoms with E-state index in [9.17, 15) is 9.59 Å². The van der Waals surface area contributed by atoms with E-state index in [1.54, 1.807) is 0 Å². The lowest BCUT2D eigenvalue weighted by atomic mass is 10.0. The topological polar surface area (TPSA) is 66.4 Å². The van der Waals surface area contributed by atoms with Crippen LogP contribution in [0.15, 0.2) is 60.7 Å². The highest BCUT2D eigenvalue weighted by molar-refractivity contribution is 5.76. The summed E-state index contributed by atoms with van der Waals surface area (Å²) >= 11 is 0. The minimum atomic E-state index is -0.817. The van der Waals surface area contributed by atoms with Crippen LogP contribution in [-0.2, 0) is 22.4 Å². The highest BCUT2D eigenvalue weighted by atomic mass is 16.4. The Labute approximate surface area is 174 Å². The van der Waals surface area contributed by atoms with Gasteiger partial charge in [-0.25, -0.2) is 0 Å². The first kappa shape index (κ1) is 22.7. The van der Waals surface area contributed by atoms with Gasteiger partial charge < -0.3 is 10.4 Å². The lowest BCUT2D eigenvalue weighted by Gasteiger charge is -2.18. The van der Waals surface area contributed by atoms with E-state index in [2.05, 4.69) is 41.7 Å². The number of benzene rings is 2. The molecule has 0 heterocycles. The Balaban J connectivity index is 1.64. The number of unbranched alkanes of at least 4 members (excludes halogenated alkanes) is 3. The molecule has 156 valence electrons. The Hall–Kier alpha value is -2.62. The maximum Gasteiger partial charge on any atom is 0.303 e. The Kier molecular flexibility index (Phi) is 10.6. The van der Waals surface area contributed by atoms with Gasteiger partial charge in [-0.2, -0.15) is 0 Å². The van der Waals surface area contributed by atoms with Crippen LogP contribution in [0.2, 0.25) is 0 Å². The first-order valence-electron chi connectivity index (χ1n) is 10.7. The van der Waals surface area contributed by atoms with E-state index in [1.165, 1.54) is 11.1 Å². The van der Waals surface area contributed by atoms with Gasteiger partial charge in [-0.15, -0.1) is 0 Å². The van der Waals surface area contributed by atoms with E-state index in [0.29, 0.717) is 12.8 Å². The molecule has 2 N–H and O–H groups in total. The fraction of sp³-hybridized carbons (Fsp3) is 0.440. The third kappa shape index (κ3) is 10.5. The number of aryl methyl sites for hydroxylation is 2. The van der Waals surface area contributed by atoms with Gasteiger partial charge in [0.15, 0.2) is 0 Å². The molecule has 1 atom stereocenters. The fourth-order valence-corrected chi connectivity index (χ4v) is 3.48. The highest BCUT2D eigenvalue weighted by Crippen LogP contribution is 2.11. The second-order valence-corrected chi connectivity index (χ2v) is 7.62. The van der Waals surface area contributed by atoms with E-state index < -0.39 is 5.97 Å². The Morgan fingerprint density at radius 2 is 1.31 bits per heavy atom. The zero-order chi connectivity index (χ0) is 20.7. The van der Waals surface area contributed by atoms with Crippen molar-refractivity contribution >= 4 is 11.9 Å². The van der Waals surface area contributed by atoms with Gasteiger partial charge >= 0.3 is 5.97 Å². The summed E-state index contributed by atoms with van der Waals surface area (Å²) in [5.41, 5.74) is 2.57. The molecule has 0 saturated heterocycles. The molecule has 0 spiro atoms. The summed E-state index contributed by atoms with van der Waals surface area (Å²) < 4.78 is 0. The van der Waals surface area contributed by atoms with Crippen molar-refractivity contribution in [3.63, 3.8) is 0 Å². The third-order valence-corrected chi connectivity index (χ3v) is 5.16. The molecule has 0 aromatic heterocycles. The summed E-state index contributed by atoms with van der Waals surface area (Å²) in [6.45, 7) is 0. The number of carbonyl (C=O) groups excluding carboxylic acids is 1. The maximum atomic E-state index is 12.3. The van der Waals surface area contributed by atoms with Gasteiger partial charge in [0.1, 0.15) is 0 Å². The Morgan fingerprint density at radius 1 is 0.724 bits per heavy atom. The van der Waals surface area contributed by atoms with Crippen molar-refractivity contribution in [1.82, 2.24) is 5.32 Å². The van der Waals surface area contributed by atoms with Gasteiger partial charge in [0.25, 0.3) is 0 Å². The molecule has 4 heteroatoms. The molecule has 0 radical (unpaired) electrons. The van der Waals surface area contributed by atoms with Crippen LogP contribution in [0, 0.1) is 0 Å². The van der Waals surface area contributed by atoms with E-state index in [0.717, 1.165) is 44.9 Å². The normalized spacial score (nSPS) is 11.7.